The van der Waals surface area contributed by atoms with E-state index >= 15 is 0 Å². The van der Waals surface area contributed by atoms with Gasteiger partial charge in [0.2, 0.25) is 0 Å². The number of anilines is 1. The summed E-state index contributed by atoms with van der Waals surface area (Å²) in [7, 11) is 0. The molecule has 2 rings (SSSR count). The van der Waals surface area contributed by atoms with Gasteiger partial charge in [0.05, 0.1) is 0 Å². The van der Waals surface area contributed by atoms with E-state index in [0.717, 1.165) is 9.79 Å². The predicted molar refractivity (Wildman–Crippen MR) is 66.8 cm³/mol. The number of nitrogen functional groups attached to an aromatic ring is 1. The SMILES string of the molecule is N#Cc1cc(Sc2ccc(N)cc2)c[nH]c1=O. The molecule has 4 nitrogen and oxygen atoms in total. The lowest BCUT2D eigenvalue weighted by Gasteiger charge is -2.01. The highest BCUT2D eigenvalue weighted by Crippen LogP contribution is 2.27. The molecule has 0 atom stereocenters. The summed E-state index contributed by atoms with van der Waals surface area (Å²) < 4.78 is 0. The summed E-state index contributed by atoms with van der Waals surface area (Å²) in [5.41, 5.74) is 6.04. The molecule has 5 heteroatoms. The zero-order chi connectivity index (χ0) is 12.3. The molecule has 0 aliphatic rings. The van der Waals surface area contributed by atoms with E-state index in [1.807, 2.05) is 18.2 Å². The number of aromatic amines is 1. The quantitative estimate of drug-likeness (QED) is 0.790. The second kappa shape index (κ2) is 4.76. The van der Waals surface area contributed by atoms with Gasteiger partial charge in [-0.3, -0.25) is 4.79 Å². The van der Waals surface area contributed by atoms with Crippen LogP contribution >= 0.6 is 11.8 Å². The zero-order valence-electron chi connectivity index (χ0n) is 8.81. The Morgan fingerprint density at radius 3 is 2.59 bits per heavy atom. The molecule has 84 valence electrons. The molecule has 1 aromatic heterocycles. The Bertz CT molecular complexity index is 625. The van der Waals surface area contributed by atoms with Crippen LogP contribution in [0.4, 0.5) is 5.69 Å². The Balaban J connectivity index is 2.28. The molecule has 0 radical (unpaired) electrons. The minimum absolute atomic E-state index is 0.116. The molecule has 0 spiro atoms. The standard InChI is InChI=1S/C12H9N3OS/c13-6-8-5-11(7-15-12(8)16)17-10-3-1-9(14)2-4-10/h1-5,7H,14H2,(H,15,16). The highest BCUT2D eigenvalue weighted by atomic mass is 32.2. The van der Waals surface area contributed by atoms with Crippen molar-refractivity contribution in [1.29, 1.82) is 5.26 Å². The van der Waals surface area contributed by atoms with Gasteiger partial charge >= 0.3 is 0 Å². The Morgan fingerprint density at radius 2 is 1.94 bits per heavy atom. The second-order valence-electron chi connectivity index (χ2n) is 3.36. The summed E-state index contributed by atoms with van der Waals surface area (Å²) in [6, 6.07) is 10.8. The maximum Gasteiger partial charge on any atom is 0.265 e. The van der Waals surface area contributed by atoms with Gasteiger partial charge in [0.15, 0.2) is 0 Å². The van der Waals surface area contributed by atoms with Crippen molar-refractivity contribution in [3.63, 3.8) is 0 Å². The molecule has 0 saturated carbocycles. The number of H-pyrrole nitrogens is 1. The number of rotatable bonds is 2. The lowest BCUT2D eigenvalue weighted by Crippen LogP contribution is -2.08. The lowest BCUT2D eigenvalue weighted by molar-refractivity contribution is 1.15. The number of hydrogen-bond acceptors (Lipinski definition) is 4. The van der Waals surface area contributed by atoms with E-state index in [-0.39, 0.29) is 11.1 Å². The van der Waals surface area contributed by atoms with Gasteiger partial charge in [-0.2, -0.15) is 5.26 Å². The van der Waals surface area contributed by atoms with E-state index in [2.05, 4.69) is 4.98 Å². The Morgan fingerprint density at radius 1 is 1.24 bits per heavy atom. The van der Waals surface area contributed by atoms with Crippen molar-refractivity contribution in [2.75, 3.05) is 5.73 Å². The van der Waals surface area contributed by atoms with Crippen LogP contribution in [0, 0.1) is 11.3 Å². The van der Waals surface area contributed by atoms with Gasteiger partial charge in [-0.25, -0.2) is 0 Å². The summed E-state index contributed by atoms with van der Waals surface area (Å²) in [4.78, 5) is 15.5. The number of nitrogens with one attached hydrogen (secondary N) is 1. The van der Waals surface area contributed by atoms with Gasteiger partial charge in [0, 0.05) is 21.7 Å². The monoisotopic (exact) mass is 243 g/mol. The van der Waals surface area contributed by atoms with E-state index in [1.165, 1.54) is 11.8 Å². The molecule has 1 heterocycles. The van der Waals surface area contributed by atoms with Crippen molar-refractivity contribution in [2.45, 2.75) is 9.79 Å². The summed E-state index contributed by atoms with van der Waals surface area (Å²) in [6.45, 7) is 0. The minimum atomic E-state index is -0.367. The third kappa shape index (κ3) is 2.68. The topological polar surface area (TPSA) is 82.7 Å². The van der Waals surface area contributed by atoms with E-state index in [4.69, 9.17) is 11.0 Å². The molecule has 2 aromatic rings. The molecule has 1 aromatic carbocycles. The van der Waals surface area contributed by atoms with Gasteiger partial charge in [0.1, 0.15) is 11.6 Å². The molecule has 17 heavy (non-hydrogen) atoms. The van der Waals surface area contributed by atoms with Crippen LogP contribution < -0.4 is 11.3 Å². The lowest BCUT2D eigenvalue weighted by atomic mass is 10.3. The van der Waals surface area contributed by atoms with E-state index < -0.39 is 0 Å². The number of pyridine rings is 1. The molecule has 0 amide bonds. The molecule has 0 unspecified atom stereocenters. The first kappa shape index (κ1) is 11.3. The molecule has 0 fully saturated rings. The summed E-state index contributed by atoms with van der Waals surface area (Å²) >= 11 is 1.46. The van der Waals surface area contributed by atoms with Crippen LogP contribution in [0.25, 0.3) is 0 Å². The number of hydrogen-bond donors (Lipinski definition) is 2. The average molecular weight is 243 g/mol. The highest BCUT2D eigenvalue weighted by Gasteiger charge is 2.02. The summed E-state index contributed by atoms with van der Waals surface area (Å²) in [5, 5.41) is 8.75. The van der Waals surface area contributed by atoms with Crippen molar-refractivity contribution in [3.8, 4) is 6.07 Å². The van der Waals surface area contributed by atoms with Crippen molar-refractivity contribution in [1.82, 2.24) is 4.98 Å². The molecular weight excluding hydrogens is 234 g/mol. The number of nitrogens with two attached hydrogens (primary N) is 1. The first-order valence-electron chi connectivity index (χ1n) is 4.85. The summed E-state index contributed by atoms with van der Waals surface area (Å²) in [6.07, 6.45) is 1.59. The van der Waals surface area contributed by atoms with Gasteiger partial charge < -0.3 is 10.7 Å². The van der Waals surface area contributed by atoms with Crippen LogP contribution in [0.3, 0.4) is 0 Å². The molecule has 0 aliphatic heterocycles. The normalized spacial score (nSPS) is 9.82. The van der Waals surface area contributed by atoms with Crippen LogP contribution in [0.2, 0.25) is 0 Å². The number of benzene rings is 1. The van der Waals surface area contributed by atoms with Crippen molar-refractivity contribution >= 4 is 17.4 Å². The third-order valence-electron chi connectivity index (χ3n) is 2.11. The van der Waals surface area contributed by atoms with Gasteiger partial charge in [0.25, 0.3) is 5.56 Å². The highest BCUT2D eigenvalue weighted by molar-refractivity contribution is 7.99. The maximum atomic E-state index is 11.2. The maximum absolute atomic E-state index is 11.2. The van der Waals surface area contributed by atoms with Crippen LogP contribution in [0.15, 0.2) is 51.1 Å². The zero-order valence-corrected chi connectivity index (χ0v) is 9.62. The number of aromatic nitrogens is 1. The molecule has 0 bridgehead atoms. The molecular formula is C12H9N3OS. The van der Waals surface area contributed by atoms with Crippen molar-refractivity contribution in [2.24, 2.45) is 0 Å². The fourth-order valence-electron chi connectivity index (χ4n) is 1.28. The van der Waals surface area contributed by atoms with Gasteiger partial charge in [-0.15, -0.1) is 0 Å². The van der Waals surface area contributed by atoms with Crippen LogP contribution in [-0.4, -0.2) is 4.98 Å². The first-order chi connectivity index (χ1) is 8.19. The fourth-order valence-corrected chi connectivity index (χ4v) is 2.12. The predicted octanol–water partition coefficient (Wildman–Crippen LogP) is 1.98. The van der Waals surface area contributed by atoms with Crippen LogP contribution in [0.1, 0.15) is 5.56 Å². The van der Waals surface area contributed by atoms with E-state index in [0.29, 0.717) is 5.69 Å². The summed E-state index contributed by atoms with van der Waals surface area (Å²) in [5.74, 6) is 0. The minimum Gasteiger partial charge on any atom is -0.399 e. The fraction of sp³-hybridized carbons (Fsp3) is 0. The van der Waals surface area contributed by atoms with Crippen molar-refractivity contribution in [3.05, 3.63) is 52.4 Å². The second-order valence-corrected chi connectivity index (χ2v) is 4.51. The first-order valence-corrected chi connectivity index (χ1v) is 5.67. The Labute approximate surface area is 102 Å². The van der Waals surface area contributed by atoms with Crippen LogP contribution in [-0.2, 0) is 0 Å². The Kier molecular flexibility index (Phi) is 3.17. The molecule has 0 saturated heterocycles. The number of nitriles is 1. The average Bonchev–Trinajstić information content (AvgIpc) is 2.34. The van der Waals surface area contributed by atoms with E-state index in [9.17, 15) is 4.79 Å². The van der Waals surface area contributed by atoms with Gasteiger partial charge in [-0.1, -0.05) is 11.8 Å². The van der Waals surface area contributed by atoms with Crippen LogP contribution in [0.5, 0.6) is 0 Å². The Hall–Kier alpha value is -2.19. The number of nitrogens with zero attached hydrogens (tertiary/aromatic N) is 1. The molecule has 0 aliphatic carbocycles. The van der Waals surface area contributed by atoms with E-state index in [1.54, 1.807) is 24.4 Å². The third-order valence-corrected chi connectivity index (χ3v) is 3.09. The largest absolute Gasteiger partial charge is 0.399 e. The smallest absolute Gasteiger partial charge is 0.265 e. The molecule has 3 N–H and O–H groups in total. The van der Waals surface area contributed by atoms with Gasteiger partial charge in [-0.05, 0) is 30.3 Å². The van der Waals surface area contributed by atoms with Crippen molar-refractivity contribution < 1.29 is 0 Å².